The lowest BCUT2D eigenvalue weighted by molar-refractivity contribution is 0.102. The number of carbonyl (C=O) groups excluding carboxylic acids is 1. The number of nitrogens with zero attached hydrogens (tertiary/aromatic N) is 1. The average molecular weight is 434 g/mol. The summed E-state index contributed by atoms with van der Waals surface area (Å²) in [5, 5.41) is 3.75. The first-order valence-electron chi connectivity index (χ1n) is 6.83. The Morgan fingerprint density at radius 1 is 0.957 bits per heavy atom. The van der Waals surface area contributed by atoms with Crippen LogP contribution in [0.25, 0.3) is 21.9 Å². The van der Waals surface area contributed by atoms with Crippen molar-refractivity contribution in [2.24, 2.45) is 0 Å². The van der Waals surface area contributed by atoms with Gasteiger partial charge in [0, 0.05) is 19.8 Å². The van der Waals surface area contributed by atoms with E-state index in [9.17, 15) is 4.79 Å². The number of fused-ring (bicyclic) bond motifs is 2. The number of hydrogen-bond donors (Lipinski definition) is 3. The number of aromatic nitrogens is 3. The van der Waals surface area contributed by atoms with E-state index in [2.05, 4.69) is 52.1 Å². The van der Waals surface area contributed by atoms with E-state index in [1.54, 1.807) is 0 Å². The second kappa shape index (κ2) is 5.50. The molecule has 114 valence electrons. The van der Waals surface area contributed by atoms with Crippen LogP contribution in [0.5, 0.6) is 0 Å². The molecule has 4 aromatic rings. The van der Waals surface area contributed by atoms with Gasteiger partial charge in [-0.2, -0.15) is 0 Å². The number of H-pyrrole nitrogens is 2. The van der Waals surface area contributed by atoms with Gasteiger partial charge in [-0.15, -0.1) is 0 Å². The van der Waals surface area contributed by atoms with Crippen molar-refractivity contribution in [2.75, 3.05) is 5.32 Å². The van der Waals surface area contributed by atoms with Crippen molar-refractivity contribution < 1.29 is 4.79 Å². The summed E-state index contributed by atoms with van der Waals surface area (Å²) in [5.41, 5.74) is 3.05. The molecule has 0 spiro atoms. The molecule has 0 aliphatic heterocycles. The molecular formula is C16H10Br2N4O. The summed E-state index contributed by atoms with van der Waals surface area (Å²) in [5.74, 6) is 0.179. The Balaban J connectivity index is 1.64. The smallest absolute Gasteiger partial charge is 0.274 e. The molecule has 2 aromatic carbocycles. The van der Waals surface area contributed by atoms with Gasteiger partial charge in [0.1, 0.15) is 5.69 Å². The van der Waals surface area contributed by atoms with Crippen molar-refractivity contribution in [1.29, 1.82) is 0 Å². The van der Waals surface area contributed by atoms with Crippen molar-refractivity contribution in [2.45, 2.75) is 0 Å². The topological polar surface area (TPSA) is 73.6 Å². The molecule has 0 fully saturated rings. The fraction of sp³-hybridized carbons (Fsp3) is 0. The molecule has 0 saturated carbocycles. The third-order valence-corrected chi connectivity index (χ3v) is 4.49. The first-order valence-corrected chi connectivity index (χ1v) is 8.42. The Morgan fingerprint density at radius 3 is 2.61 bits per heavy atom. The van der Waals surface area contributed by atoms with Crippen molar-refractivity contribution in [1.82, 2.24) is 15.0 Å². The van der Waals surface area contributed by atoms with E-state index in [0.29, 0.717) is 11.6 Å². The molecule has 2 heterocycles. The Morgan fingerprint density at radius 2 is 1.74 bits per heavy atom. The van der Waals surface area contributed by atoms with Crippen molar-refractivity contribution in [3.63, 3.8) is 0 Å². The van der Waals surface area contributed by atoms with Crippen LogP contribution in [0, 0.1) is 0 Å². The zero-order chi connectivity index (χ0) is 16.0. The number of rotatable bonds is 2. The van der Waals surface area contributed by atoms with Gasteiger partial charge in [-0.25, -0.2) is 4.98 Å². The van der Waals surface area contributed by atoms with E-state index < -0.39 is 0 Å². The van der Waals surface area contributed by atoms with Crippen LogP contribution in [0.4, 0.5) is 5.95 Å². The number of nitrogens with one attached hydrogen (secondary N) is 3. The van der Waals surface area contributed by atoms with Crippen LogP contribution in [0.15, 0.2) is 51.4 Å². The molecule has 0 unspecified atom stereocenters. The number of anilines is 1. The van der Waals surface area contributed by atoms with Crippen molar-refractivity contribution in [3.05, 3.63) is 57.1 Å². The molecule has 0 aliphatic rings. The highest BCUT2D eigenvalue weighted by molar-refractivity contribution is 9.10. The molecule has 7 heteroatoms. The van der Waals surface area contributed by atoms with E-state index in [4.69, 9.17) is 0 Å². The lowest BCUT2D eigenvalue weighted by atomic mass is 10.2. The SMILES string of the molecule is O=C(Nc1nc2ccc(Br)cc2[nH]1)c1cc2cc(Br)ccc2[nH]1. The molecule has 0 bridgehead atoms. The summed E-state index contributed by atoms with van der Waals surface area (Å²) in [6.45, 7) is 0. The molecule has 0 saturated heterocycles. The maximum atomic E-state index is 12.4. The molecule has 3 N–H and O–H groups in total. The van der Waals surface area contributed by atoms with Crippen LogP contribution in [0.3, 0.4) is 0 Å². The molecular weight excluding hydrogens is 424 g/mol. The number of halogens is 2. The van der Waals surface area contributed by atoms with E-state index in [1.807, 2.05) is 42.5 Å². The van der Waals surface area contributed by atoms with E-state index in [1.165, 1.54) is 0 Å². The van der Waals surface area contributed by atoms with E-state index >= 15 is 0 Å². The monoisotopic (exact) mass is 432 g/mol. The molecule has 4 rings (SSSR count). The van der Waals surface area contributed by atoms with Gasteiger partial charge in [-0.1, -0.05) is 31.9 Å². The molecule has 23 heavy (non-hydrogen) atoms. The standard InChI is InChI=1S/C16H10Br2N4O/c17-9-1-3-11-8(5-9)6-14(19-11)15(23)22-16-20-12-4-2-10(18)7-13(12)21-16/h1-7,19H,(H2,20,21,22,23). The zero-order valence-electron chi connectivity index (χ0n) is 11.7. The average Bonchev–Trinajstić information content (AvgIpc) is 3.09. The Kier molecular flexibility index (Phi) is 3.46. The Hall–Kier alpha value is -2.12. The Bertz CT molecular complexity index is 1050. The molecule has 0 aliphatic carbocycles. The molecule has 0 radical (unpaired) electrons. The fourth-order valence-corrected chi connectivity index (χ4v) is 3.18. The molecule has 0 atom stereocenters. The zero-order valence-corrected chi connectivity index (χ0v) is 14.8. The number of imidazole rings is 1. The maximum Gasteiger partial charge on any atom is 0.274 e. The summed E-state index contributed by atoms with van der Waals surface area (Å²) in [6, 6.07) is 13.3. The van der Waals surface area contributed by atoms with Gasteiger partial charge in [-0.3, -0.25) is 10.1 Å². The first kappa shape index (κ1) is 14.5. The van der Waals surface area contributed by atoms with Crippen LogP contribution in [0.1, 0.15) is 10.5 Å². The van der Waals surface area contributed by atoms with Crippen LogP contribution in [-0.2, 0) is 0 Å². The summed E-state index contributed by atoms with van der Waals surface area (Å²) >= 11 is 6.84. The predicted molar refractivity (Wildman–Crippen MR) is 97.7 cm³/mol. The normalized spacial score (nSPS) is 11.2. The minimum atomic E-state index is -0.240. The first-order chi connectivity index (χ1) is 11.1. The van der Waals surface area contributed by atoms with Gasteiger partial charge in [0.25, 0.3) is 5.91 Å². The van der Waals surface area contributed by atoms with Gasteiger partial charge in [0.05, 0.1) is 11.0 Å². The highest BCUT2D eigenvalue weighted by atomic mass is 79.9. The van der Waals surface area contributed by atoms with Gasteiger partial charge in [-0.05, 0) is 42.5 Å². The lowest BCUT2D eigenvalue weighted by Gasteiger charge is -1.98. The van der Waals surface area contributed by atoms with E-state index in [0.717, 1.165) is 30.9 Å². The van der Waals surface area contributed by atoms with Crippen molar-refractivity contribution >= 4 is 65.7 Å². The third-order valence-electron chi connectivity index (χ3n) is 3.50. The van der Waals surface area contributed by atoms with Gasteiger partial charge < -0.3 is 9.97 Å². The number of hydrogen-bond acceptors (Lipinski definition) is 2. The van der Waals surface area contributed by atoms with Gasteiger partial charge in [0.15, 0.2) is 0 Å². The van der Waals surface area contributed by atoms with Crippen molar-refractivity contribution in [3.8, 4) is 0 Å². The highest BCUT2D eigenvalue weighted by Gasteiger charge is 2.12. The summed E-state index contributed by atoms with van der Waals surface area (Å²) in [6.07, 6.45) is 0. The summed E-state index contributed by atoms with van der Waals surface area (Å²) < 4.78 is 1.92. The maximum absolute atomic E-state index is 12.4. The third kappa shape index (κ3) is 2.77. The predicted octanol–water partition coefficient (Wildman–Crippen LogP) is 4.82. The number of carbonyl (C=O) groups is 1. The van der Waals surface area contributed by atoms with Crippen LogP contribution in [0.2, 0.25) is 0 Å². The van der Waals surface area contributed by atoms with Crippen LogP contribution in [-0.4, -0.2) is 20.9 Å². The minimum Gasteiger partial charge on any atom is -0.351 e. The molecule has 1 amide bonds. The number of amides is 1. The lowest BCUT2D eigenvalue weighted by Crippen LogP contribution is -2.13. The Labute approximate surface area is 147 Å². The number of aromatic amines is 2. The summed E-state index contributed by atoms with van der Waals surface area (Å²) in [7, 11) is 0. The molecule has 5 nitrogen and oxygen atoms in total. The number of benzene rings is 2. The van der Waals surface area contributed by atoms with E-state index in [-0.39, 0.29) is 5.91 Å². The van der Waals surface area contributed by atoms with Gasteiger partial charge >= 0.3 is 0 Å². The van der Waals surface area contributed by atoms with Gasteiger partial charge in [0.2, 0.25) is 5.95 Å². The largest absolute Gasteiger partial charge is 0.351 e. The van der Waals surface area contributed by atoms with Crippen LogP contribution < -0.4 is 5.32 Å². The quantitative estimate of drug-likeness (QED) is 0.424. The molecule has 2 aromatic heterocycles. The fourth-order valence-electron chi connectivity index (χ4n) is 2.44. The van der Waals surface area contributed by atoms with Crippen LogP contribution >= 0.6 is 31.9 Å². The summed E-state index contributed by atoms with van der Waals surface area (Å²) in [4.78, 5) is 22.9. The second-order valence-corrected chi connectivity index (χ2v) is 6.95. The minimum absolute atomic E-state index is 0.240. The second-order valence-electron chi connectivity index (χ2n) is 5.12. The highest BCUT2D eigenvalue weighted by Crippen LogP contribution is 2.22.